The van der Waals surface area contributed by atoms with Crippen LogP contribution in [0.15, 0.2) is 0 Å². The molecule has 3 nitrogen and oxygen atoms in total. The number of hydrogen-bond acceptors (Lipinski definition) is 2. The second-order valence-corrected chi connectivity index (χ2v) is 3.36. The van der Waals surface area contributed by atoms with E-state index < -0.39 is 0 Å². The Morgan fingerprint density at radius 3 is 2.31 bits per heavy atom. The Labute approximate surface area is 81.3 Å². The molecule has 0 rings (SSSR count). The molecule has 0 aliphatic rings. The van der Waals surface area contributed by atoms with Crippen LogP contribution in [0.25, 0.3) is 0 Å². The lowest BCUT2D eigenvalue weighted by Crippen LogP contribution is -2.26. The van der Waals surface area contributed by atoms with Gasteiger partial charge < -0.3 is 10.6 Å². The number of rotatable bonds is 8. The number of unbranched alkanes of at least 4 members (excludes halogenated alkanes) is 1. The van der Waals surface area contributed by atoms with Crippen LogP contribution in [0.1, 0.15) is 39.5 Å². The Morgan fingerprint density at radius 1 is 1.23 bits per heavy atom. The van der Waals surface area contributed by atoms with Crippen molar-refractivity contribution in [2.45, 2.75) is 39.5 Å². The maximum atomic E-state index is 10.5. The van der Waals surface area contributed by atoms with E-state index in [1.807, 2.05) is 0 Å². The summed E-state index contributed by atoms with van der Waals surface area (Å²) >= 11 is 0. The predicted octanol–water partition coefficient (Wildman–Crippen LogP) is 1.37. The van der Waals surface area contributed by atoms with Gasteiger partial charge in [-0.25, -0.2) is 0 Å². The van der Waals surface area contributed by atoms with Crippen molar-refractivity contribution in [2.24, 2.45) is 5.73 Å². The molecule has 0 aromatic rings. The molecule has 1 amide bonds. The molecule has 78 valence electrons. The van der Waals surface area contributed by atoms with E-state index >= 15 is 0 Å². The first-order chi connectivity index (χ1) is 6.20. The summed E-state index contributed by atoms with van der Waals surface area (Å²) in [5.41, 5.74) is 5.06. The van der Waals surface area contributed by atoms with E-state index in [0.29, 0.717) is 6.42 Å². The van der Waals surface area contributed by atoms with Gasteiger partial charge >= 0.3 is 0 Å². The number of carbonyl (C=O) groups is 1. The summed E-state index contributed by atoms with van der Waals surface area (Å²) in [5.74, 6) is -0.188. The fourth-order valence-electron chi connectivity index (χ4n) is 1.29. The average molecular weight is 186 g/mol. The Balaban J connectivity index is 3.41. The van der Waals surface area contributed by atoms with Crippen LogP contribution >= 0.6 is 0 Å². The molecule has 0 bridgehead atoms. The van der Waals surface area contributed by atoms with Gasteiger partial charge in [-0.15, -0.1) is 0 Å². The molecule has 0 radical (unpaired) electrons. The van der Waals surface area contributed by atoms with Gasteiger partial charge in [0.2, 0.25) is 5.91 Å². The number of primary amides is 1. The van der Waals surface area contributed by atoms with E-state index in [2.05, 4.69) is 18.7 Å². The Hall–Kier alpha value is -0.570. The average Bonchev–Trinajstić information content (AvgIpc) is 2.10. The van der Waals surface area contributed by atoms with Crippen molar-refractivity contribution in [1.29, 1.82) is 0 Å². The zero-order valence-electron chi connectivity index (χ0n) is 8.88. The van der Waals surface area contributed by atoms with E-state index in [1.165, 1.54) is 12.8 Å². The summed E-state index contributed by atoms with van der Waals surface area (Å²) < 4.78 is 0. The van der Waals surface area contributed by atoms with Crippen molar-refractivity contribution in [3.63, 3.8) is 0 Å². The van der Waals surface area contributed by atoms with Crippen LogP contribution in [0.4, 0.5) is 0 Å². The van der Waals surface area contributed by atoms with Crippen LogP contribution < -0.4 is 5.73 Å². The monoisotopic (exact) mass is 186 g/mol. The standard InChI is InChI=1S/C10H22N2O/c1-3-5-8-12(4-2)9-6-7-10(11)13/h3-9H2,1-2H3,(H2,11,13). The highest BCUT2D eigenvalue weighted by atomic mass is 16.1. The number of amides is 1. The number of carbonyl (C=O) groups excluding carboxylic acids is 1. The van der Waals surface area contributed by atoms with Crippen LogP contribution in [-0.2, 0) is 4.79 Å². The predicted molar refractivity (Wildman–Crippen MR) is 55.5 cm³/mol. The second-order valence-electron chi connectivity index (χ2n) is 3.36. The molecule has 0 atom stereocenters. The normalized spacial score (nSPS) is 10.7. The fraction of sp³-hybridized carbons (Fsp3) is 0.900. The van der Waals surface area contributed by atoms with Crippen molar-refractivity contribution in [2.75, 3.05) is 19.6 Å². The van der Waals surface area contributed by atoms with Crippen molar-refractivity contribution in [3.05, 3.63) is 0 Å². The van der Waals surface area contributed by atoms with Crippen LogP contribution in [-0.4, -0.2) is 30.4 Å². The summed E-state index contributed by atoms with van der Waals surface area (Å²) in [6.07, 6.45) is 3.88. The smallest absolute Gasteiger partial charge is 0.217 e. The molecule has 0 aliphatic carbocycles. The van der Waals surface area contributed by atoms with Gasteiger partial charge in [0.05, 0.1) is 0 Å². The zero-order chi connectivity index (χ0) is 10.1. The molecule has 0 unspecified atom stereocenters. The van der Waals surface area contributed by atoms with Gasteiger partial charge in [-0.2, -0.15) is 0 Å². The SMILES string of the molecule is CCCCN(CC)CCCC(N)=O. The summed E-state index contributed by atoms with van der Waals surface area (Å²) in [6.45, 7) is 7.56. The highest BCUT2D eigenvalue weighted by Crippen LogP contribution is 1.98. The van der Waals surface area contributed by atoms with Crippen molar-refractivity contribution >= 4 is 5.91 Å². The summed E-state index contributed by atoms with van der Waals surface area (Å²) in [5, 5.41) is 0. The first-order valence-electron chi connectivity index (χ1n) is 5.21. The van der Waals surface area contributed by atoms with Crippen molar-refractivity contribution in [1.82, 2.24) is 4.90 Å². The zero-order valence-corrected chi connectivity index (χ0v) is 8.88. The topological polar surface area (TPSA) is 46.3 Å². The molecule has 0 aromatic carbocycles. The molecule has 0 aliphatic heterocycles. The van der Waals surface area contributed by atoms with Gasteiger partial charge in [-0.1, -0.05) is 20.3 Å². The molecular formula is C10H22N2O. The van der Waals surface area contributed by atoms with Crippen LogP contribution in [0, 0.1) is 0 Å². The van der Waals surface area contributed by atoms with Gasteiger partial charge in [-0.05, 0) is 32.5 Å². The lowest BCUT2D eigenvalue weighted by atomic mass is 10.2. The van der Waals surface area contributed by atoms with Gasteiger partial charge in [0.1, 0.15) is 0 Å². The van der Waals surface area contributed by atoms with E-state index in [9.17, 15) is 4.79 Å². The first kappa shape index (κ1) is 12.4. The third-order valence-corrected chi connectivity index (χ3v) is 2.17. The molecule has 0 saturated carbocycles. The molecule has 0 spiro atoms. The van der Waals surface area contributed by atoms with Gasteiger partial charge in [-0.3, -0.25) is 4.79 Å². The van der Waals surface area contributed by atoms with E-state index in [0.717, 1.165) is 26.1 Å². The largest absolute Gasteiger partial charge is 0.370 e. The summed E-state index contributed by atoms with van der Waals surface area (Å²) in [6, 6.07) is 0. The van der Waals surface area contributed by atoms with Crippen molar-refractivity contribution in [3.8, 4) is 0 Å². The molecular weight excluding hydrogens is 164 g/mol. The lowest BCUT2D eigenvalue weighted by Gasteiger charge is -2.19. The minimum atomic E-state index is -0.188. The number of nitrogens with two attached hydrogens (primary N) is 1. The molecule has 0 heterocycles. The van der Waals surface area contributed by atoms with Gasteiger partial charge in [0.25, 0.3) is 0 Å². The minimum Gasteiger partial charge on any atom is -0.370 e. The first-order valence-corrected chi connectivity index (χ1v) is 5.21. The van der Waals surface area contributed by atoms with Crippen LogP contribution in [0.2, 0.25) is 0 Å². The molecule has 3 heteroatoms. The van der Waals surface area contributed by atoms with Crippen LogP contribution in [0.5, 0.6) is 0 Å². The summed E-state index contributed by atoms with van der Waals surface area (Å²) in [7, 11) is 0. The highest BCUT2D eigenvalue weighted by molar-refractivity contribution is 5.73. The Kier molecular flexibility index (Phi) is 7.69. The molecule has 0 saturated heterocycles. The number of hydrogen-bond donors (Lipinski definition) is 1. The van der Waals surface area contributed by atoms with E-state index in [4.69, 9.17) is 5.73 Å². The maximum Gasteiger partial charge on any atom is 0.217 e. The van der Waals surface area contributed by atoms with Crippen LogP contribution in [0.3, 0.4) is 0 Å². The third-order valence-electron chi connectivity index (χ3n) is 2.17. The highest BCUT2D eigenvalue weighted by Gasteiger charge is 2.01. The number of nitrogens with zero attached hydrogens (tertiary/aromatic N) is 1. The summed E-state index contributed by atoms with van der Waals surface area (Å²) in [4.78, 5) is 12.9. The van der Waals surface area contributed by atoms with E-state index in [-0.39, 0.29) is 5.91 Å². The molecule has 2 N–H and O–H groups in total. The minimum absolute atomic E-state index is 0.188. The molecule has 13 heavy (non-hydrogen) atoms. The molecule has 0 aromatic heterocycles. The van der Waals surface area contributed by atoms with E-state index in [1.54, 1.807) is 0 Å². The Bertz CT molecular complexity index is 137. The second kappa shape index (κ2) is 8.05. The maximum absolute atomic E-state index is 10.5. The van der Waals surface area contributed by atoms with Crippen molar-refractivity contribution < 1.29 is 4.79 Å². The fourth-order valence-corrected chi connectivity index (χ4v) is 1.29. The lowest BCUT2D eigenvalue weighted by molar-refractivity contribution is -0.118. The van der Waals surface area contributed by atoms with Gasteiger partial charge in [0, 0.05) is 6.42 Å². The quantitative estimate of drug-likeness (QED) is 0.622. The molecule has 0 fully saturated rings. The Morgan fingerprint density at radius 2 is 1.85 bits per heavy atom. The third kappa shape index (κ3) is 7.78. The van der Waals surface area contributed by atoms with Gasteiger partial charge in [0.15, 0.2) is 0 Å².